The lowest BCUT2D eigenvalue weighted by molar-refractivity contribution is 0.182. The SMILES string of the molecule is CN(C(=O)N[C@H]1C[C@@H]1c1cccc(F)c1)[C@@H]1CCCN(c2cccnn2)C1.[HH]. The van der Waals surface area contributed by atoms with Gasteiger partial charge in [-0.05, 0) is 49.1 Å². The predicted octanol–water partition coefficient (Wildman–Crippen LogP) is 3.03. The highest BCUT2D eigenvalue weighted by Gasteiger charge is 2.40. The highest BCUT2D eigenvalue weighted by atomic mass is 19.1. The largest absolute Gasteiger partial charge is 0.353 e. The Balaban J connectivity index is 0.00000225. The summed E-state index contributed by atoms with van der Waals surface area (Å²) in [5, 5.41) is 11.2. The molecule has 1 saturated heterocycles. The van der Waals surface area contributed by atoms with Gasteiger partial charge in [0.1, 0.15) is 5.82 Å². The summed E-state index contributed by atoms with van der Waals surface area (Å²) < 4.78 is 13.4. The van der Waals surface area contributed by atoms with Crippen LogP contribution in [0.3, 0.4) is 0 Å². The Morgan fingerprint density at radius 3 is 3.04 bits per heavy atom. The van der Waals surface area contributed by atoms with Crippen molar-refractivity contribution >= 4 is 11.8 Å². The van der Waals surface area contributed by atoms with Crippen LogP contribution in [0.1, 0.15) is 32.2 Å². The lowest BCUT2D eigenvalue weighted by Crippen LogP contribution is -2.52. The van der Waals surface area contributed by atoms with E-state index in [4.69, 9.17) is 0 Å². The average molecular weight is 371 g/mol. The van der Waals surface area contributed by atoms with Gasteiger partial charge in [0.2, 0.25) is 0 Å². The van der Waals surface area contributed by atoms with Gasteiger partial charge in [-0.15, -0.1) is 5.10 Å². The molecule has 1 aromatic carbocycles. The van der Waals surface area contributed by atoms with Gasteiger partial charge < -0.3 is 15.1 Å². The molecule has 1 aliphatic carbocycles. The van der Waals surface area contributed by atoms with Gasteiger partial charge in [-0.25, -0.2) is 9.18 Å². The van der Waals surface area contributed by atoms with Gasteiger partial charge in [0.05, 0.1) is 6.04 Å². The van der Waals surface area contributed by atoms with Crippen molar-refractivity contribution in [3.63, 3.8) is 0 Å². The quantitative estimate of drug-likeness (QED) is 0.897. The average Bonchev–Trinajstić information content (AvgIpc) is 3.47. The third-order valence-corrected chi connectivity index (χ3v) is 5.52. The van der Waals surface area contributed by atoms with Crippen LogP contribution in [0.5, 0.6) is 0 Å². The van der Waals surface area contributed by atoms with E-state index in [1.54, 1.807) is 23.2 Å². The number of nitrogens with one attached hydrogen (secondary N) is 1. The van der Waals surface area contributed by atoms with Crippen molar-refractivity contribution in [2.24, 2.45) is 0 Å². The number of hydrogen-bond donors (Lipinski definition) is 1. The second-order valence-electron chi connectivity index (χ2n) is 7.39. The van der Waals surface area contributed by atoms with Crippen molar-refractivity contribution in [3.05, 3.63) is 54.0 Å². The van der Waals surface area contributed by atoms with Gasteiger partial charge >= 0.3 is 6.03 Å². The molecule has 0 spiro atoms. The highest BCUT2D eigenvalue weighted by Crippen LogP contribution is 2.41. The molecule has 2 aromatic rings. The zero-order valence-electron chi connectivity index (χ0n) is 15.4. The van der Waals surface area contributed by atoms with Gasteiger partial charge in [0.25, 0.3) is 0 Å². The maximum Gasteiger partial charge on any atom is 0.317 e. The van der Waals surface area contributed by atoms with Gasteiger partial charge in [0, 0.05) is 39.7 Å². The van der Waals surface area contributed by atoms with Crippen LogP contribution in [0.25, 0.3) is 0 Å². The van der Waals surface area contributed by atoms with Crippen molar-refractivity contribution in [1.29, 1.82) is 0 Å². The fraction of sp³-hybridized carbons (Fsp3) is 0.450. The van der Waals surface area contributed by atoms with Crippen LogP contribution >= 0.6 is 0 Å². The summed E-state index contributed by atoms with van der Waals surface area (Å²) in [5.74, 6) is 0.831. The molecule has 0 unspecified atom stereocenters. The molecule has 0 radical (unpaired) electrons. The van der Waals surface area contributed by atoms with E-state index >= 15 is 0 Å². The number of hydrogen-bond acceptors (Lipinski definition) is 4. The van der Waals surface area contributed by atoms with Crippen molar-refractivity contribution in [3.8, 4) is 0 Å². The maximum atomic E-state index is 13.4. The number of piperidine rings is 1. The molecule has 7 heteroatoms. The molecule has 4 rings (SSSR count). The van der Waals surface area contributed by atoms with Gasteiger partial charge in [-0.2, -0.15) is 5.10 Å². The number of benzene rings is 1. The number of anilines is 1. The first-order valence-corrected chi connectivity index (χ1v) is 9.43. The first-order valence-electron chi connectivity index (χ1n) is 9.43. The Kier molecular flexibility index (Phi) is 4.92. The van der Waals surface area contributed by atoms with Gasteiger partial charge in [-0.3, -0.25) is 0 Å². The smallest absolute Gasteiger partial charge is 0.317 e. The van der Waals surface area contributed by atoms with E-state index in [9.17, 15) is 9.18 Å². The molecule has 0 bridgehead atoms. The highest BCUT2D eigenvalue weighted by molar-refractivity contribution is 5.75. The summed E-state index contributed by atoms with van der Waals surface area (Å²) in [5.41, 5.74) is 0.953. The van der Waals surface area contributed by atoms with Crippen LogP contribution in [0, 0.1) is 5.82 Å². The molecule has 3 atom stereocenters. The number of carbonyl (C=O) groups is 1. The standard InChI is InChI=1S/C20H24FN5O.H2/c1-25(16-7-4-10-26(13-16)19-8-3-9-22-24-19)20(27)23-18-12-17(18)14-5-2-6-15(21)11-14;/h2-3,5-6,8-9,11,16-18H,4,7,10,12-13H2,1H3,(H,23,27);1H/t16-,17-,18+;/m1./s1. The third kappa shape index (κ3) is 4.02. The van der Waals surface area contributed by atoms with Gasteiger partial charge in [0.15, 0.2) is 5.82 Å². The zero-order valence-corrected chi connectivity index (χ0v) is 15.4. The lowest BCUT2D eigenvalue weighted by Gasteiger charge is -2.38. The fourth-order valence-electron chi connectivity index (χ4n) is 3.83. The van der Waals surface area contributed by atoms with E-state index in [0.29, 0.717) is 0 Å². The second kappa shape index (κ2) is 7.50. The zero-order chi connectivity index (χ0) is 18.8. The molecule has 1 aliphatic heterocycles. The van der Waals surface area contributed by atoms with E-state index in [1.165, 1.54) is 6.07 Å². The molecule has 2 heterocycles. The normalized spacial score (nSPS) is 24.4. The van der Waals surface area contributed by atoms with Crippen molar-refractivity contribution in [2.45, 2.75) is 37.3 Å². The molecule has 27 heavy (non-hydrogen) atoms. The summed E-state index contributed by atoms with van der Waals surface area (Å²) >= 11 is 0. The van der Waals surface area contributed by atoms with Crippen LogP contribution in [0.2, 0.25) is 0 Å². The number of rotatable bonds is 4. The molecule has 1 saturated carbocycles. The van der Waals surface area contributed by atoms with Crippen LogP contribution in [-0.2, 0) is 0 Å². The van der Waals surface area contributed by atoms with Crippen molar-refractivity contribution in [2.75, 3.05) is 25.0 Å². The summed E-state index contributed by atoms with van der Waals surface area (Å²) in [6.45, 7) is 1.68. The lowest BCUT2D eigenvalue weighted by atomic mass is 10.0. The Labute approximate surface area is 159 Å². The Bertz CT molecular complexity index is 808. The summed E-state index contributed by atoms with van der Waals surface area (Å²) in [6, 6.07) is 10.6. The number of likely N-dealkylation sites (N-methyl/N-ethyl adjacent to an activating group) is 1. The number of aromatic nitrogens is 2. The minimum absolute atomic E-state index is 0. The summed E-state index contributed by atoms with van der Waals surface area (Å²) in [7, 11) is 1.85. The first kappa shape index (κ1) is 17.7. The Morgan fingerprint density at radius 1 is 1.37 bits per heavy atom. The molecule has 1 aromatic heterocycles. The minimum atomic E-state index is -0.229. The summed E-state index contributed by atoms with van der Waals surface area (Å²) in [6.07, 6.45) is 4.50. The number of amides is 2. The van der Waals surface area contributed by atoms with E-state index in [2.05, 4.69) is 20.4 Å². The van der Waals surface area contributed by atoms with Crippen molar-refractivity contribution in [1.82, 2.24) is 20.4 Å². The van der Waals surface area contributed by atoms with Crippen LogP contribution < -0.4 is 10.2 Å². The Morgan fingerprint density at radius 2 is 2.26 bits per heavy atom. The molecule has 6 nitrogen and oxygen atoms in total. The molecule has 2 amide bonds. The third-order valence-electron chi connectivity index (χ3n) is 5.52. The molecule has 144 valence electrons. The van der Waals surface area contributed by atoms with E-state index in [1.807, 2.05) is 25.2 Å². The number of carbonyl (C=O) groups excluding carboxylic acids is 1. The topological polar surface area (TPSA) is 61.4 Å². The monoisotopic (exact) mass is 371 g/mol. The van der Waals surface area contributed by atoms with E-state index in [0.717, 1.165) is 43.7 Å². The van der Waals surface area contributed by atoms with E-state index in [-0.39, 0.29) is 31.3 Å². The fourth-order valence-corrected chi connectivity index (χ4v) is 3.83. The van der Waals surface area contributed by atoms with Crippen molar-refractivity contribution < 1.29 is 10.6 Å². The minimum Gasteiger partial charge on any atom is -0.353 e. The van der Waals surface area contributed by atoms with Crippen LogP contribution in [0.15, 0.2) is 42.6 Å². The van der Waals surface area contributed by atoms with Crippen LogP contribution in [0.4, 0.5) is 15.0 Å². The second-order valence-corrected chi connectivity index (χ2v) is 7.39. The first-order chi connectivity index (χ1) is 13.1. The van der Waals surface area contributed by atoms with Crippen LogP contribution in [-0.4, -0.2) is 53.3 Å². The Hall–Kier alpha value is -2.70. The molecule has 2 aliphatic rings. The predicted molar refractivity (Wildman–Crippen MR) is 103 cm³/mol. The number of halogens is 1. The molecular formula is C20H26FN5O. The molecule has 1 N–H and O–H groups in total. The number of urea groups is 1. The van der Waals surface area contributed by atoms with E-state index < -0.39 is 0 Å². The summed E-state index contributed by atoms with van der Waals surface area (Å²) in [4.78, 5) is 16.6. The molecule has 2 fully saturated rings. The van der Waals surface area contributed by atoms with Gasteiger partial charge in [-0.1, -0.05) is 12.1 Å². The molecular weight excluding hydrogens is 345 g/mol. The maximum absolute atomic E-state index is 13.4. The number of nitrogens with zero attached hydrogens (tertiary/aromatic N) is 4.